The molecule has 0 unspecified atom stereocenters. The summed E-state index contributed by atoms with van der Waals surface area (Å²) in [7, 11) is 0. The third-order valence-electron chi connectivity index (χ3n) is 1.55. The number of rotatable bonds is 4. The van der Waals surface area contributed by atoms with Crippen molar-refractivity contribution in [1.82, 2.24) is 10.9 Å². The van der Waals surface area contributed by atoms with E-state index in [2.05, 4.69) is 6.58 Å². The molecule has 0 fully saturated rings. The first-order valence-corrected chi connectivity index (χ1v) is 4.09. The van der Waals surface area contributed by atoms with Crippen molar-refractivity contribution >= 4 is 11.8 Å². The van der Waals surface area contributed by atoms with E-state index in [0.29, 0.717) is 0 Å². The van der Waals surface area contributed by atoms with Crippen LogP contribution in [0.15, 0.2) is 36.0 Å². The molecule has 0 heterocycles. The molecule has 2 amide bonds. The van der Waals surface area contributed by atoms with Gasteiger partial charge in [-0.1, -0.05) is 12.7 Å². The van der Waals surface area contributed by atoms with Crippen LogP contribution in [0.1, 0.15) is 6.92 Å². The molecule has 6 nitrogen and oxygen atoms in total. The Bertz CT molecular complexity index is 331. The van der Waals surface area contributed by atoms with Crippen molar-refractivity contribution in [2.45, 2.75) is 6.92 Å². The standard InChI is InChI=1S/C9H14N4O2/c1-3-4-7(9(15)13-11)5-6(2)8(14)12-10/h3-5H,1,10-11H2,2H3,(H,12,14)(H,13,15)/b6-5+,7-4+. The Balaban J connectivity index is 4.98. The molecule has 0 aliphatic carbocycles. The van der Waals surface area contributed by atoms with Gasteiger partial charge in [0, 0.05) is 11.1 Å². The van der Waals surface area contributed by atoms with Gasteiger partial charge in [0.2, 0.25) is 0 Å². The van der Waals surface area contributed by atoms with Crippen LogP contribution < -0.4 is 22.5 Å². The maximum Gasteiger partial charge on any atom is 0.265 e. The summed E-state index contributed by atoms with van der Waals surface area (Å²) in [6.07, 6.45) is 4.19. The van der Waals surface area contributed by atoms with E-state index in [0.717, 1.165) is 0 Å². The van der Waals surface area contributed by atoms with Crippen molar-refractivity contribution in [3.8, 4) is 0 Å². The molecule has 6 N–H and O–H groups in total. The average molecular weight is 210 g/mol. The molecule has 15 heavy (non-hydrogen) atoms. The molecule has 0 saturated heterocycles. The van der Waals surface area contributed by atoms with Gasteiger partial charge in [-0.2, -0.15) is 0 Å². The molecular formula is C9H14N4O2. The van der Waals surface area contributed by atoms with Crippen LogP contribution in [-0.4, -0.2) is 11.8 Å². The van der Waals surface area contributed by atoms with E-state index < -0.39 is 11.8 Å². The van der Waals surface area contributed by atoms with Crippen molar-refractivity contribution in [1.29, 1.82) is 0 Å². The highest BCUT2D eigenvalue weighted by molar-refractivity contribution is 6.00. The molecule has 0 bridgehead atoms. The molecule has 0 rings (SSSR count). The Morgan fingerprint density at radius 3 is 2.13 bits per heavy atom. The Hall–Kier alpha value is -1.92. The molecule has 6 heteroatoms. The zero-order chi connectivity index (χ0) is 11.8. The van der Waals surface area contributed by atoms with Gasteiger partial charge in [-0.15, -0.1) is 0 Å². The van der Waals surface area contributed by atoms with Gasteiger partial charge in [-0.25, -0.2) is 11.7 Å². The minimum absolute atomic E-state index is 0.216. The average Bonchev–Trinajstić information content (AvgIpc) is 2.26. The molecule has 0 saturated carbocycles. The number of allylic oxidation sites excluding steroid dienone is 2. The van der Waals surface area contributed by atoms with Gasteiger partial charge in [-0.3, -0.25) is 20.4 Å². The Morgan fingerprint density at radius 1 is 1.20 bits per heavy atom. The summed E-state index contributed by atoms with van der Waals surface area (Å²) in [6.45, 7) is 4.95. The maximum atomic E-state index is 11.2. The van der Waals surface area contributed by atoms with E-state index >= 15 is 0 Å². The SMILES string of the molecule is C=C/C=C(\C=C(/C)C(=O)NN)C(=O)NN. The molecular weight excluding hydrogens is 196 g/mol. The van der Waals surface area contributed by atoms with Crippen molar-refractivity contribution < 1.29 is 9.59 Å². The summed E-state index contributed by atoms with van der Waals surface area (Å²) in [5.41, 5.74) is 4.40. The van der Waals surface area contributed by atoms with Crippen molar-refractivity contribution in [2.75, 3.05) is 0 Å². The molecule has 0 atom stereocenters. The first kappa shape index (κ1) is 13.1. The van der Waals surface area contributed by atoms with Crippen LogP contribution in [0.25, 0.3) is 0 Å². The van der Waals surface area contributed by atoms with Crippen LogP contribution >= 0.6 is 0 Å². The number of nitrogens with one attached hydrogen (secondary N) is 2. The molecule has 0 spiro atoms. The third kappa shape index (κ3) is 4.21. The monoisotopic (exact) mass is 210 g/mol. The Kier molecular flexibility index (Phi) is 5.69. The lowest BCUT2D eigenvalue weighted by Crippen LogP contribution is -2.32. The molecule has 0 aromatic rings. The second-order valence-electron chi connectivity index (χ2n) is 2.63. The number of carbonyl (C=O) groups excluding carboxylic acids is 2. The summed E-state index contributed by atoms with van der Waals surface area (Å²) in [6, 6.07) is 0. The summed E-state index contributed by atoms with van der Waals surface area (Å²) >= 11 is 0. The summed E-state index contributed by atoms with van der Waals surface area (Å²) < 4.78 is 0. The van der Waals surface area contributed by atoms with E-state index in [1.165, 1.54) is 25.2 Å². The van der Waals surface area contributed by atoms with E-state index in [1.807, 2.05) is 10.9 Å². The zero-order valence-corrected chi connectivity index (χ0v) is 8.41. The van der Waals surface area contributed by atoms with Gasteiger partial charge in [0.25, 0.3) is 11.8 Å². The minimum Gasteiger partial charge on any atom is -0.290 e. The second-order valence-corrected chi connectivity index (χ2v) is 2.63. The normalized spacial score (nSPS) is 11.9. The van der Waals surface area contributed by atoms with Crippen LogP contribution in [0.4, 0.5) is 0 Å². The van der Waals surface area contributed by atoms with Gasteiger partial charge in [-0.05, 0) is 19.1 Å². The highest BCUT2D eigenvalue weighted by Gasteiger charge is 2.07. The predicted octanol–water partition coefficient (Wildman–Crippen LogP) is -0.975. The first-order valence-electron chi connectivity index (χ1n) is 4.09. The fourth-order valence-corrected chi connectivity index (χ4v) is 0.812. The lowest BCUT2D eigenvalue weighted by Gasteiger charge is -2.02. The second kappa shape index (κ2) is 6.52. The number of hydrazine groups is 2. The lowest BCUT2D eigenvalue weighted by atomic mass is 10.1. The zero-order valence-electron chi connectivity index (χ0n) is 8.41. The summed E-state index contributed by atoms with van der Waals surface area (Å²) in [5.74, 6) is 8.89. The van der Waals surface area contributed by atoms with E-state index in [9.17, 15) is 9.59 Å². The maximum absolute atomic E-state index is 11.2. The minimum atomic E-state index is -0.515. The highest BCUT2D eigenvalue weighted by Crippen LogP contribution is 2.03. The number of amides is 2. The van der Waals surface area contributed by atoms with Crippen LogP contribution in [0.2, 0.25) is 0 Å². The van der Waals surface area contributed by atoms with Gasteiger partial charge in [0.15, 0.2) is 0 Å². The Morgan fingerprint density at radius 2 is 1.73 bits per heavy atom. The highest BCUT2D eigenvalue weighted by atomic mass is 16.2. The topological polar surface area (TPSA) is 110 Å². The van der Waals surface area contributed by atoms with Crippen molar-refractivity contribution in [3.05, 3.63) is 36.0 Å². The fourth-order valence-electron chi connectivity index (χ4n) is 0.812. The van der Waals surface area contributed by atoms with Gasteiger partial charge >= 0.3 is 0 Å². The van der Waals surface area contributed by atoms with Gasteiger partial charge in [0.1, 0.15) is 0 Å². The molecule has 0 aromatic heterocycles. The largest absolute Gasteiger partial charge is 0.290 e. The molecule has 0 aliphatic heterocycles. The van der Waals surface area contributed by atoms with Crippen LogP contribution in [0.5, 0.6) is 0 Å². The molecule has 0 radical (unpaired) electrons. The van der Waals surface area contributed by atoms with Crippen LogP contribution in [0, 0.1) is 0 Å². The Labute approximate surface area is 87.6 Å². The van der Waals surface area contributed by atoms with Crippen LogP contribution in [0.3, 0.4) is 0 Å². The lowest BCUT2D eigenvalue weighted by molar-refractivity contribution is -0.117. The summed E-state index contributed by atoms with van der Waals surface area (Å²) in [4.78, 5) is 22.2. The quantitative estimate of drug-likeness (QED) is 0.157. The van der Waals surface area contributed by atoms with E-state index in [4.69, 9.17) is 11.7 Å². The third-order valence-corrected chi connectivity index (χ3v) is 1.55. The van der Waals surface area contributed by atoms with E-state index in [-0.39, 0.29) is 11.1 Å². The fraction of sp³-hybridized carbons (Fsp3) is 0.111. The number of hydrogen-bond donors (Lipinski definition) is 4. The van der Waals surface area contributed by atoms with Crippen molar-refractivity contribution in [2.24, 2.45) is 11.7 Å². The van der Waals surface area contributed by atoms with Crippen molar-refractivity contribution in [3.63, 3.8) is 0 Å². The molecule has 0 aromatic carbocycles. The number of hydrogen-bond acceptors (Lipinski definition) is 4. The molecule has 82 valence electrons. The predicted molar refractivity (Wildman–Crippen MR) is 56.7 cm³/mol. The smallest absolute Gasteiger partial charge is 0.265 e. The number of nitrogens with two attached hydrogens (primary N) is 2. The summed E-state index contributed by atoms with van der Waals surface area (Å²) in [5, 5.41) is 0. The van der Waals surface area contributed by atoms with Gasteiger partial charge in [0.05, 0.1) is 0 Å². The first-order chi connectivity index (χ1) is 7.06. The van der Waals surface area contributed by atoms with Crippen LogP contribution in [-0.2, 0) is 9.59 Å². The van der Waals surface area contributed by atoms with E-state index in [1.54, 1.807) is 0 Å². The number of carbonyl (C=O) groups is 2. The molecule has 0 aliphatic rings. The van der Waals surface area contributed by atoms with Gasteiger partial charge < -0.3 is 0 Å².